The van der Waals surface area contributed by atoms with Gasteiger partial charge in [-0.2, -0.15) is 5.10 Å². The minimum Gasteiger partial charge on any atom is -0.381 e. The fourth-order valence-electron chi connectivity index (χ4n) is 0.963. The average molecular weight is 250 g/mol. The number of hydrogen-bond acceptors (Lipinski definition) is 4. The lowest BCUT2D eigenvalue weighted by Crippen LogP contribution is -2.22. The SMILES string of the molecule is Cn1ncc(NCCS(C)=O)c(Cl)c1=O. The monoisotopic (exact) mass is 249 g/mol. The van der Waals surface area contributed by atoms with E-state index in [0.29, 0.717) is 18.0 Å². The molecule has 1 rings (SSSR count). The highest BCUT2D eigenvalue weighted by Crippen LogP contribution is 2.14. The lowest BCUT2D eigenvalue weighted by atomic mass is 10.4. The van der Waals surface area contributed by atoms with Crippen molar-refractivity contribution in [1.82, 2.24) is 9.78 Å². The summed E-state index contributed by atoms with van der Waals surface area (Å²) in [5, 5.41) is 6.84. The van der Waals surface area contributed by atoms with Crippen LogP contribution in [0, 0.1) is 0 Å². The number of halogens is 1. The summed E-state index contributed by atoms with van der Waals surface area (Å²) in [6.07, 6.45) is 3.09. The van der Waals surface area contributed by atoms with E-state index in [2.05, 4.69) is 10.4 Å². The van der Waals surface area contributed by atoms with Gasteiger partial charge in [0.05, 0.1) is 11.9 Å². The number of aryl methyl sites for hydroxylation is 1. The molecule has 0 aliphatic carbocycles. The van der Waals surface area contributed by atoms with Crippen LogP contribution in [0.25, 0.3) is 0 Å². The van der Waals surface area contributed by atoms with Crippen molar-refractivity contribution in [3.8, 4) is 0 Å². The predicted molar refractivity (Wildman–Crippen MR) is 61.9 cm³/mol. The topological polar surface area (TPSA) is 64.0 Å². The van der Waals surface area contributed by atoms with Gasteiger partial charge < -0.3 is 5.32 Å². The first kappa shape index (κ1) is 12.2. The Morgan fingerprint density at radius 1 is 1.67 bits per heavy atom. The Labute approximate surface area is 94.9 Å². The molecule has 0 bridgehead atoms. The number of nitrogens with one attached hydrogen (secondary N) is 1. The minimum absolute atomic E-state index is 0.106. The molecule has 1 atom stereocenters. The van der Waals surface area contributed by atoms with Crippen molar-refractivity contribution >= 4 is 28.1 Å². The Morgan fingerprint density at radius 2 is 2.33 bits per heavy atom. The van der Waals surface area contributed by atoms with Gasteiger partial charge >= 0.3 is 0 Å². The molecular weight excluding hydrogens is 238 g/mol. The number of aromatic nitrogens is 2. The first-order valence-electron chi connectivity index (χ1n) is 4.28. The Hall–Kier alpha value is -0.880. The summed E-state index contributed by atoms with van der Waals surface area (Å²) < 4.78 is 12.0. The van der Waals surface area contributed by atoms with E-state index in [4.69, 9.17) is 11.6 Å². The van der Waals surface area contributed by atoms with Crippen LogP contribution in [0.2, 0.25) is 5.02 Å². The van der Waals surface area contributed by atoms with E-state index in [1.807, 2.05) is 0 Å². The molecule has 0 spiro atoms. The molecule has 84 valence electrons. The Morgan fingerprint density at radius 3 is 2.93 bits per heavy atom. The molecule has 1 aromatic heterocycles. The third-order valence-electron chi connectivity index (χ3n) is 1.78. The summed E-state index contributed by atoms with van der Waals surface area (Å²) in [7, 11) is 0.662. The van der Waals surface area contributed by atoms with Crippen LogP contribution in [-0.2, 0) is 17.8 Å². The molecule has 1 N–H and O–H groups in total. The van der Waals surface area contributed by atoms with Gasteiger partial charge in [0.25, 0.3) is 5.56 Å². The van der Waals surface area contributed by atoms with Crippen LogP contribution in [0.1, 0.15) is 0 Å². The van der Waals surface area contributed by atoms with E-state index >= 15 is 0 Å². The number of rotatable bonds is 4. The summed E-state index contributed by atoms with van der Waals surface area (Å²) in [5.74, 6) is 0.505. The van der Waals surface area contributed by atoms with Crippen molar-refractivity contribution in [1.29, 1.82) is 0 Å². The molecule has 1 unspecified atom stereocenters. The molecule has 0 aliphatic rings. The van der Waals surface area contributed by atoms with Gasteiger partial charge in [0.2, 0.25) is 0 Å². The smallest absolute Gasteiger partial charge is 0.287 e. The lowest BCUT2D eigenvalue weighted by molar-refractivity contribution is 0.686. The highest BCUT2D eigenvalue weighted by molar-refractivity contribution is 7.84. The molecule has 0 aromatic carbocycles. The quantitative estimate of drug-likeness (QED) is 0.830. The van der Waals surface area contributed by atoms with Gasteiger partial charge in [0.15, 0.2) is 0 Å². The molecule has 0 fully saturated rings. The normalized spacial score (nSPS) is 12.5. The summed E-state index contributed by atoms with van der Waals surface area (Å²) in [5.41, 5.74) is 0.129. The van der Waals surface area contributed by atoms with Crippen LogP contribution in [0.3, 0.4) is 0 Å². The second-order valence-electron chi connectivity index (χ2n) is 3.01. The molecular formula is C8H12ClN3O2S. The maximum atomic E-state index is 11.4. The van der Waals surface area contributed by atoms with Gasteiger partial charge in [-0.15, -0.1) is 0 Å². The highest BCUT2D eigenvalue weighted by Gasteiger charge is 2.06. The van der Waals surface area contributed by atoms with Crippen LogP contribution in [0.4, 0.5) is 5.69 Å². The molecule has 0 saturated heterocycles. The van der Waals surface area contributed by atoms with Gasteiger partial charge in [-0.1, -0.05) is 11.6 Å². The molecule has 5 nitrogen and oxygen atoms in total. The van der Waals surface area contributed by atoms with Crippen molar-refractivity contribution in [2.75, 3.05) is 23.9 Å². The third-order valence-corrected chi connectivity index (χ3v) is 2.93. The Bertz CT molecular complexity index is 432. The fraction of sp³-hybridized carbons (Fsp3) is 0.500. The first-order chi connectivity index (χ1) is 7.02. The second-order valence-corrected chi connectivity index (χ2v) is 4.94. The van der Waals surface area contributed by atoms with Crippen LogP contribution < -0.4 is 10.9 Å². The van der Waals surface area contributed by atoms with E-state index in [1.165, 1.54) is 13.2 Å². The maximum Gasteiger partial charge on any atom is 0.287 e. The van der Waals surface area contributed by atoms with Gasteiger partial charge in [-0.05, 0) is 0 Å². The molecule has 1 heterocycles. The zero-order valence-corrected chi connectivity index (χ0v) is 10.1. The van der Waals surface area contributed by atoms with Crippen LogP contribution in [0.15, 0.2) is 11.0 Å². The number of hydrogen-bond donors (Lipinski definition) is 1. The first-order valence-corrected chi connectivity index (χ1v) is 6.38. The van der Waals surface area contributed by atoms with E-state index < -0.39 is 10.8 Å². The third kappa shape index (κ3) is 3.32. The van der Waals surface area contributed by atoms with Crippen molar-refractivity contribution in [2.45, 2.75) is 0 Å². The molecule has 15 heavy (non-hydrogen) atoms. The fourth-order valence-corrected chi connectivity index (χ4v) is 1.59. The van der Waals surface area contributed by atoms with E-state index in [1.54, 1.807) is 6.26 Å². The molecule has 0 saturated carbocycles. The Balaban J connectivity index is 2.75. The highest BCUT2D eigenvalue weighted by atomic mass is 35.5. The molecule has 0 aliphatic heterocycles. The average Bonchev–Trinajstić information content (AvgIpc) is 2.18. The van der Waals surface area contributed by atoms with Crippen LogP contribution in [-0.4, -0.2) is 32.5 Å². The Kier molecular flexibility index (Phi) is 4.28. The van der Waals surface area contributed by atoms with Crippen molar-refractivity contribution < 1.29 is 4.21 Å². The number of anilines is 1. The molecule has 0 radical (unpaired) electrons. The van der Waals surface area contributed by atoms with Gasteiger partial charge in [0, 0.05) is 36.4 Å². The van der Waals surface area contributed by atoms with Crippen molar-refractivity contribution in [3.63, 3.8) is 0 Å². The van der Waals surface area contributed by atoms with Crippen molar-refractivity contribution in [3.05, 3.63) is 21.6 Å². The van der Waals surface area contributed by atoms with E-state index in [-0.39, 0.29) is 10.6 Å². The maximum absolute atomic E-state index is 11.4. The van der Waals surface area contributed by atoms with Crippen LogP contribution in [0.5, 0.6) is 0 Å². The summed E-state index contributed by atoms with van der Waals surface area (Å²) >= 11 is 5.80. The zero-order chi connectivity index (χ0) is 11.4. The van der Waals surface area contributed by atoms with Gasteiger partial charge in [0.1, 0.15) is 5.02 Å². The summed E-state index contributed by atoms with van der Waals surface area (Å²) in [6, 6.07) is 0. The zero-order valence-electron chi connectivity index (χ0n) is 8.49. The van der Waals surface area contributed by atoms with E-state index in [9.17, 15) is 9.00 Å². The molecule has 7 heteroatoms. The molecule has 1 aromatic rings. The van der Waals surface area contributed by atoms with Crippen molar-refractivity contribution in [2.24, 2.45) is 7.05 Å². The molecule has 0 amide bonds. The number of nitrogens with zero attached hydrogens (tertiary/aromatic N) is 2. The van der Waals surface area contributed by atoms with Crippen LogP contribution >= 0.6 is 11.6 Å². The van der Waals surface area contributed by atoms with E-state index in [0.717, 1.165) is 4.68 Å². The lowest BCUT2D eigenvalue weighted by Gasteiger charge is -2.06. The summed E-state index contributed by atoms with van der Waals surface area (Å²) in [4.78, 5) is 11.4. The summed E-state index contributed by atoms with van der Waals surface area (Å²) in [6.45, 7) is 0.498. The largest absolute Gasteiger partial charge is 0.381 e. The standard InChI is InChI=1S/C8H12ClN3O2S/c1-12-8(13)7(9)6(5-11-12)10-3-4-15(2)14/h5,10H,3-4H2,1-2H3. The predicted octanol–water partition coefficient (Wildman–Crippen LogP) is 0.224. The minimum atomic E-state index is -0.865. The van der Waals surface area contributed by atoms with Gasteiger partial charge in [-0.3, -0.25) is 9.00 Å². The second kappa shape index (κ2) is 5.27. The van der Waals surface area contributed by atoms with Gasteiger partial charge in [-0.25, -0.2) is 4.68 Å².